The third kappa shape index (κ3) is 2.67. The fourth-order valence-corrected chi connectivity index (χ4v) is 1.28. The molecule has 0 aliphatic heterocycles. The number of ether oxygens (including phenoxy) is 1. The number of carbonyl (C=O) groups is 1. The van der Waals surface area contributed by atoms with E-state index in [-0.39, 0.29) is 5.91 Å². The minimum absolute atomic E-state index is 0.0728. The second-order valence-electron chi connectivity index (χ2n) is 3.73. The highest BCUT2D eigenvalue weighted by molar-refractivity contribution is 5.88. The van der Waals surface area contributed by atoms with E-state index >= 15 is 0 Å². The monoisotopic (exact) mass is 186 g/mol. The molecule has 1 rings (SSSR count). The van der Waals surface area contributed by atoms with Crippen molar-refractivity contribution < 1.29 is 9.53 Å². The van der Waals surface area contributed by atoms with Crippen LogP contribution in [-0.2, 0) is 9.53 Å². The molecule has 0 radical (unpaired) electrons. The molecule has 13 heavy (non-hydrogen) atoms. The third-order valence-corrected chi connectivity index (χ3v) is 2.40. The van der Waals surface area contributed by atoms with Crippen molar-refractivity contribution in [3.63, 3.8) is 0 Å². The Kier molecular flexibility index (Phi) is 3.27. The van der Waals surface area contributed by atoms with Gasteiger partial charge in [-0.05, 0) is 19.3 Å². The minimum atomic E-state index is -0.526. The fourth-order valence-electron chi connectivity index (χ4n) is 1.28. The van der Waals surface area contributed by atoms with Crippen LogP contribution in [0.3, 0.4) is 0 Å². The van der Waals surface area contributed by atoms with Crippen molar-refractivity contribution in [1.82, 2.24) is 4.90 Å². The molecular weight excluding hydrogens is 168 g/mol. The Balaban J connectivity index is 2.22. The molecule has 0 aromatic carbocycles. The van der Waals surface area contributed by atoms with Crippen molar-refractivity contribution in [1.29, 1.82) is 0 Å². The Morgan fingerprint density at radius 1 is 1.62 bits per heavy atom. The van der Waals surface area contributed by atoms with Gasteiger partial charge in [-0.3, -0.25) is 4.79 Å². The standard InChI is InChI=1S/C9H18N2O2/c1-11(6-3-7-13-2)8(12)9(10)4-5-9/h3-7,10H2,1-2H3. The van der Waals surface area contributed by atoms with Gasteiger partial charge in [0.05, 0.1) is 5.54 Å². The number of rotatable bonds is 5. The van der Waals surface area contributed by atoms with Gasteiger partial charge in [0.2, 0.25) is 5.91 Å². The predicted molar refractivity (Wildman–Crippen MR) is 50.3 cm³/mol. The molecule has 76 valence electrons. The van der Waals surface area contributed by atoms with Crippen molar-refractivity contribution >= 4 is 5.91 Å². The molecule has 0 unspecified atom stereocenters. The molecule has 1 amide bonds. The van der Waals surface area contributed by atoms with Gasteiger partial charge >= 0.3 is 0 Å². The minimum Gasteiger partial charge on any atom is -0.385 e. The second-order valence-corrected chi connectivity index (χ2v) is 3.73. The van der Waals surface area contributed by atoms with E-state index in [1.807, 2.05) is 0 Å². The summed E-state index contributed by atoms with van der Waals surface area (Å²) in [5.41, 5.74) is 5.25. The van der Waals surface area contributed by atoms with Gasteiger partial charge in [0, 0.05) is 27.3 Å². The van der Waals surface area contributed by atoms with Crippen LogP contribution in [-0.4, -0.2) is 43.7 Å². The molecule has 0 spiro atoms. The molecule has 2 N–H and O–H groups in total. The topological polar surface area (TPSA) is 55.6 Å². The van der Waals surface area contributed by atoms with Crippen molar-refractivity contribution in [2.45, 2.75) is 24.8 Å². The molecule has 0 saturated heterocycles. The first-order valence-corrected chi connectivity index (χ1v) is 4.63. The number of hydrogen-bond acceptors (Lipinski definition) is 3. The van der Waals surface area contributed by atoms with Crippen LogP contribution in [0.2, 0.25) is 0 Å². The smallest absolute Gasteiger partial charge is 0.242 e. The normalized spacial score (nSPS) is 18.4. The van der Waals surface area contributed by atoms with Crippen LogP contribution in [0, 0.1) is 0 Å². The van der Waals surface area contributed by atoms with Gasteiger partial charge in [-0.2, -0.15) is 0 Å². The zero-order valence-electron chi connectivity index (χ0n) is 8.38. The lowest BCUT2D eigenvalue weighted by Gasteiger charge is -2.20. The first-order valence-electron chi connectivity index (χ1n) is 4.63. The fraction of sp³-hybridized carbons (Fsp3) is 0.889. The molecule has 0 aromatic heterocycles. The predicted octanol–water partition coefficient (Wildman–Crippen LogP) is -0.0274. The molecular formula is C9H18N2O2. The van der Waals surface area contributed by atoms with Crippen molar-refractivity contribution in [2.75, 3.05) is 27.3 Å². The van der Waals surface area contributed by atoms with Gasteiger partial charge in [0.25, 0.3) is 0 Å². The Hall–Kier alpha value is -0.610. The van der Waals surface area contributed by atoms with Crippen LogP contribution in [0.1, 0.15) is 19.3 Å². The van der Waals surface area contributed by atoms with Gasteiger partial charge < -0.3 is 15.4 Å². The summed E-state index contributed by atoms with van der Waals surface area (Å²) in [5.74, 6) is 0.0728. The number of methoxy groups -OCH3 is 1. The molecule has 0 aromatic rings. The van der Waals surface area contributed by atoms with E-state index in [9.17, 15) is 4.79 Å². The van der Waals surface area contributed by atoms with Crippen LogP contribution in [0.5, 0.6) is 0 Å². The van der Waals surface area contributed by atoms with E-state index in [0.717, 1.165) is 25.8 Å². The number of hydrogen-bond donors (Lipinski definition) is 1. The lowest BCUT2D eigenvalue weighted by atomic mass is 10.2. The molecule has 1 fully saturated rings. The SMILES string of the molecule is COCCCN(C)C(=O)C1(N)CC1. The summed E-state index contributed by atoms with van der Waals surface area (Å²) < 4.78 is 4.90. The second kappa shape index (κ2) is 4.07. The van der Waals surface area contributed by atoms with Crippen LogP contribution in [0.4, 0.5) is 0 Å². The number of nitrogens with two attached hydrogens (primary N) is 1. The summed E-state index contributed by atoms with van der Waals surface area (Å²) in [7, 11) is 3.46. The van der Waals surface area contributed by atoms with E-state index in [1.165, 1.54) is 0 Å². The summed E-state index contributed by atoms with van der Waals surface area (Å²) in [4.78, 5) is 13.3. The van der Waals surface area contributed by atoms with Crippen molar-refractivity contribution in [3.8, 4) is 0 Å². The maximum atomic E-state index is 11.6. The lowest BCUT2D eigenvalue weighted by molar-refractivity contribution is -0.132. The van der Waals surface area contributed by atoms with Gasteiger partial charge in [0.1, 0.15) is 0 Å². The third-order valence-electron chi connectivity index (χ3n) is 2.40. The maximum absolute atomic E-state index is 11.6. The first-order chi connectivity index (χ1) is 6.10. The van der Waals surface area contributed by atoms with Crippen LogP contribution in [0.15, 0.2) is 0 Å². The van der Waals surface area contributed by atoms with Crippen molar-refractivity contribution in [3.05, 3.63) is 0 Å². The highest BCUT2D eigenvalue weighted by Crippen LogP contribution is 2.33. The van der Waals surface area contributed by atoms with E-state index in [0.29, 0.717) is 6.61 Å². The average Bonchev–Trinajstić information content (AvgIpc) is 2.84. The number of carbonyl (C=O) groups excluding carboxylic acids is 1. The van der Waals surface area contributed by atoms with E-state index in [1.54, 1.807) is 19.1 Å². The molecule has 4 nitrogen and oxygen atoms in total. The van der Waals surface area contributed by atoms with Crippen molar-refractivity contribution in [2.24, 2.45) is 5.73 Å². The van der Waals surface area contributed by atoms with Crippen LogP contribution >= 0.6 is 0 Å². The van der Waals surface area contributed by atoms with Crippen LogP contribution in [0.25, 0.3) is 0 Å². The molecule has 4 heteroatoms. The summed E-state index contributed by atoms with van der Waals surface area (Å²) in [5, 5.41) is 0. The van der Waals surface area contributed by atoms with E-state index < -0.39 is 5.54 Å². The summed E-state index contributed by atoms with van der Waals surface area (Å²) >= 11 is 0. The lowest BCUT2D eigenvalue weighted by Crippen LogP contribution is -2.44. The number of amides is 1. The van der Waals surface area contributed by atoms with Gasteiger partial charge in [-0.1, -0.05) is 0 Å². The molecule has 1 aliphatic rings. The zero-order chi connectivity index (χ0) is 9.90. The summed E-state index contributed by atoms with van der Waals surface area (Å²) in [6.45, 7) is 1.42. The average molecular weight is 186 g/mol. The maximum Gasteiger partial charge on any atom is 0.242 e. The first kappa shape index (κ1) is 10.5. The number of likely N-dealkylation sites (N-methyl/N-ethyl adjacent to an activating group) is 1. The van der Waals surface area contributed by atoms with E-state index in [4.69, 9.17) is 10.5 Å². The summed E-state index contributed by atoms with van der Waals surface area (Å²) in [6.07, 6.45) is 2.54. The van der Waals surface area contributed by atoms with Gasteiger partial charge in [-0.15, -0.1) is 0 Å². The Labute approximate surface area is 79.0 Å². The van der Waals surface area contributed by atoms with E-state index in [2.05, 4.69) is 0 Å². The highest BCUT2D eigenvalue weighted by Gasteiger charge is 2.47. The molecule has 0 atom stereocenters. The van der Waals surface area contributed by atoms with Gasteiger partial charge in [-0.25, -0.2) is 0 Å². The zero-order valence-corrected chi connectivity index (χ0v) is 8.38. The highest BCUT2D eigenvalue weighted by atomic mass is 16.5. The Morgan fingerprint density at radius 3 is 2.69 bits per heavy atom. The van der Waals surface area contributed by atoms with Gasteiger partial charge in [0.15, 0.2) is 0 Å². The molecule has 0 bridgehead atoms. The Morgan fingerprint density at radius 2 is 2.23 bits per heavy atom. The largest absolute Gasteiger partial charge is 0.385 e. The molecule has 0 heterocycles. The molecule has 1 saturated carbocycles. The number of nitrogens with zero attached hydrogens (tertiary/aromatic N) is 1. The Bertz CT molecular complexity index is 190. The molecule has 1 aliphatic carbocycles. The quantitative estimate of drug-likeness (QED) is 0.614. The summed E-state index contributed by atoms with van der Waals surface area (Å²) in [6, 6.07) is 0. The van der Waals surface area contributed by atoms with Crippen LogP contribution < -0.4 is 5.73 Å².